The second kappa shape index (κ2) is 10.2. The largest absolute Gasteiger partial charge is 0.293 e. The number of nitrogens with zero attached hydrogens (tertiary/aromatic N) is 1. The first-order chi connectivity index (χ1) is 18.5. The monoisotopic (exact) mass is 641 g/mol. The maximum atomic E-state index is 14.7. The summed E-state index contributed by atoms with van der Waals surface area (Å²) in [5, 5.41) is 0. The van der Waals surface area contributed by atoms with E-state index in [-0.39, 0.29) is 17.4 Å². The second-order valence-electron chi connectivity index (χ2n) is 9.13. The van der Waals surface area contributed by atoms with Crippen LogP contribution in [0.4, 0.5) is 0 Å². The minimum absolute atomic E-state index is 0.207. The fourth-order valence-electron chi connectivity index (χ4n) is 5.16. The summed E-state index contributed by atoms with van der Waals surface area (Å²) in [6.07, 6.45) is 1.81. The lowest BCUT2D eigenvalue weighted by molar-refractivity contribution is -0.129. The molecule has 1 unspecified atom stereocenters. The molecule has 4 aromatic rings. The van der Waals surface area contributed by atoms with Crippen molar-refractivity contribution in [2.45, 2.75) is 4.90 Å². The van der Waals surface area contributed by atoms with Crippen molar-refractivity contribution in [3.8, 4) is 0 Å². The molecule has 6 heteroatoms. The van der Waals surface area contributed by atoms with E-state index in [1.807, 2.05) is 103 Å². The highest BCUT2D eigenvalue weighted by Gasteiger charge is 2.58. The van der Waals surface area contributed by atoms with E-state index in [0.717, 1.165) is 41.8 Å². The highest BCUT2D eigenvalue weighted by molar-refractivity contribution is 9.15. The van der Waals surface area contributed by atoms with Gasteiger partial charge in [0, 0.05) is 42.5 Å². The molecule has 1 amide bonds. The van der Waals surface area contributed by atoms with Gasteiger partial charge in [-0.15, -0.1) is 11.8 Å². The van der Waals surface area contributed by atoms with Gasteiger partial charge in [0.05, 0.1) is 5.70 Å². The summed E-state index contributed by atoms with van der Waals surface area (Å²) in [4.78, 5) is 32.0. The van der Waals surface area contributed by atoms with E-state index >= 15 is 0 Å². The number of amides is 1. The molecule has 4 aromatic carbocycles. The Kier molecular flexibility index (Phi) is 6.72. The van der Waals surface area contributed by atoms with Gasteiger partial charge in [-0.2, -0.15) is 0 Å². The Morgan fingerprint density at radius 2 is 1.37 bits per heavy atom. The van der Waals surface area contributed by atoms with E-state index in [1.165, 1.54) is 11.8 Å². The Bertz CT molecular complexity index is 1610. The Balaban J connectivity index is 1.65. The number of ketones is 1. The normalized spacial score (nSPS) is 18.2. The number of thioether (sulfide) groups is 1. The number of carbonyl (C=O) groups excluding carboxylic acids is 2. The summed E-state index contributed by atoms with van der Waals surface area (Å²) in [5.41, 5.74) is 3.33. The lowest BCUT2D eigenvalue weighted by Crippen LogP contribution is -2.44. The van der Waals surface area contributed by atoms with Crippen LogP contribution in [0.2, 0.25) is 0 Å². The Morgan fingerprint density at radius 1 is 0.763 bits per heavy atom. The number of hydrogen-bond acceptors (Lipinski definition) is 3. The highest BCUT2D eigenvalue weighted by atomic mass is 79.9. The molecular weight excluding hydrogens is 622 g/mol. The van der Waals surface area contributed by atoms with Gasteiger partial charge in [-0.25, -0.2) is 0 Å². The first-order valence-electron chi connectivity index (χ1n) is 12.1. The molecule has 0 aliphatic carbocycles. The van der Waals surface area contributed by atoms with Crippen molar-refractivity contribution in [1.82, 2.24) is 4.90 Å². The molecule has 2 heterocycles. The van der Waals surface area contributed by atoms with Crippen LogP contribution in [0, 0.1) is 5.41 Å². The van der Waals surface area contributed by atoms with Gasteiger partial charge in [-0.1, -0.05) is 101 Å². The van der Waals surface area contributed by atoms with Gasteiger partial charge in [0.1, 0.15) is 5.41 Å². The van der Waals surface area contributed by atoms with Gasteiger partial charge in [0.2, 0.25) is 0 Å². The van der Waals surface area contributed by atoms with E-state index in [9.17, 15) is 9.59 Å². The summed E-state index contributed by atoms with van der Waals surface area (Å²) < 4.78 is 1.68. The molecule has 0 saturated carbocycles. The third-order valence-corrected chi connectivity index (χ3v) is 9.27. The smallest absolute Gasteiger partial charge is 0.250 e. The maximum absolute atomic E-state index is 14.7. The summed E-state index contributed by atoms with van der Waals surface area (Å²) >= 11 is 8.68. The van der Waals surface area contributed by atoms with Crippen LogP contribution in [-0.4, -0.2) is 22.3 Å². The predicted octanol–water partition coefficient (Wildman–Crippen LogP) is 8.53. The molecular formula is C32H21Br2NO2S. The minimum atomic E-state index is -1.44. The first kappa shape index (κ1) is 25.1. The first-order valence-corrected chi connectivity index (χ1v) is 14.7. The third-order valence-electron chi connectivity index (χ3n) is 6.93. The van der Waals surface area contributed by atoms with Crippen molar-refractivity contribution < 1.29 is 9.59 Å². The molecule has 2 aliphatic rings. The molecule has 2 aliphatic heterocycles. The zero-order valence-electron chi connectivity index (χ0n) is 20.1. The number of Topliss-reactive ketones (excluding diaryl/α,β-unsaturated/α-hetero) is 1. The maximum Gasteiger partial charge on any atom is 0.250 e. The molecule has 6 rings (SSSR count). The molecule has 0 fully saturated rings. The number of fused-ring (bicyclic) bond motifs is 3. The van der Waals surface area contributed by atoms with Crippen LogP contribution in [0.25, 0.3) is 15.8 Å². The van der Waals surface area contributed by atoms with Crippen LogP contribution in [-0.2, 0) is 4.79 Å². The van der Waals surface area contributed by atoms with Crippen LogP contribution in [0.15, 0.2) is 125 Å². The van der Waals surface area contributed by atoms with E-state index in [4.69, 9.17) is 0 Å². The zero-order chi connectivity index (χ0) is 26.3. The molecule has 0 saturated heterocycles. The highest BCUT2D eigenvalue weighted by Crippen LogP contribution is 2.56. The third kappa shape index (κ3) is 4.12. The fourth-order valence-corrected chi connectivity index (χ4v) is 7.11. The molecule has 1 atom stereocenters. The molecule has 0 bridgehead atoms. The van der Waals surface area contributed by atoms with Gasteiger partial charge in [0.25, 0.3) is 5.91 Å². The van der Waals surface area contributed by atoms with E-state index in [0.29, 0.717) is 5.56 Å². The van der Waals surface area contributed by atoms with E-state index in [2.05, 4.69) is 31.9 Å². The van der Waals surface area contributed by atoms with Gasteiger partial charge in [-0.3, -0.25) is 14.5 Å². The predicted molar refractivity (Wildman–Crippen MR) is 162 cm³/mol. The summed E-state index contributed by atoms with van der Waals surface area (Å²) in [7, 11) is 0. The number of halogens is 2. The van der Waals surface area contributed by atoms with Crippen molar-refractivity contribution in [2.75, 3.05) is 5.75 Å². The summed E-state index contributed by atoms with van der Waals surface area (Å²) in [6.45, 7) is 0. The van der Waals surface area contributed by atoms with Gasteiger partial charge < -0.3 is 0 Å². The standard InChI is InChI=1S/C32H21Br2NO2S/c33-23-17-15-22(16-18-23)30(36)32(20-38-24-11-5-2-6-12-24)28(21-9-3-1-4-10-21)29-26-14-8-7-13-25(26)27(34)19-35(29)31(32)37/h1-19H,20H2. The minimum Gasteiger partial charge on any atom is -0.293 e. The van der Waals surface area contributed by atoms with Gasteiger partial charge in [0.15, 0.2) is 5.78 Å². The number of carbonyl (C=O) groups is 2. The molecule has 0 spiro atoms. The quantitative estimate of drug-likeness (QED) is 0.120. The summed E-state index contributed by atoms with van der Waals surface area (Å²) in [6, 6.07) is 35.0. The van der Waals surface area contributed by atoms with Gasteiger partial charge in [-0.05, 0) is 51.3 Å². The van der Waals surface area contributed by atoms with Crippen LogP contribution in [0.1, 0.15) is 27.0 Å². The lowest BCUT2D eigenvalue weighted by atomic mass is 9.73. The van der Waals surface area contributed by atoms with Crippen molar-refractivity contribution in [3.05, 3.63) is 142 Å². The van der Waals surface area contributed by atoms with Crippen LogP contribution >= 0.6 is 43.6 Å². The van der Waals surface area contributed by atoms with Crippen molar-refractivity contribution >= 4 is 71.1 Å². The van der Waals surface area contributed by atoms with Crippen molar-refractivity contribution in [1.29, 1.82) is 0 Å². The SMILES string of the molecule is O=C(c1ccc(Br)cc1)C1(CSc2ccccc2)C(=O)N2C=C(Br)c3ccccc3C2=C1c1ccccc1. The molecule has 0 N–H and O–H groups in total. The zero-order valence-corrected chi connectivity index (χ0v) is 24.1. The summed E-state index contributed by atoms with van der Waals surface area (Å²) in [5.74, 6) is -0.182. The Morgan fingerprint density at radius 3 is 2.05 bits per heavy atom. The van der Waals surface area contributed by atoms with Gasteiger partial charge >= 0.3 is 0 Å². The molecule has 3 nitrogen and oxygen atoms in total. The average molecular weight is 643 g/mol. The number of rotatable bonds is 6. The second-order valence-corrected chi connectivity index (χ2v) is 11.9. The van der Waals surface area contributed by atoms with Crippen LogP contribution in [0.3, 0.4) is 0 Å². The molecule has 0 radical (unpaired) electrons. The lowest BCUT2D eigenvalue weighted by Gasteiger charge is -2.29. The van der Waals surface area contributed by atoms with Crippen molar-refractivity contribution in [2.24, 2.45) is 5.41 Å². The average Bonchev–Trinajstić information content (AvgIpc) is 3.21. The van der Waals surface area contributed by atoms with Crippen LogP contribution in [0.5, 0.6) is 0 Å². The van der Waals surface area contributed by atoms with Crippen molar-refractivity contribution in [3.63, 3.8) is 0 Å². The van der Waals surface area contributed by atoms with E-state index < -0.39 is 5.41 Å². The molecule has 0 aromatic heterocycles. The Hall–Kier alpha value is -3.19. The molecule has 38 heavy (non-hydrogen) atoms. The van der Waals surface area contributed by atoms with E-state index in [1.54, 1.807) is 17.0 Å². The van der Waals surface area contributed by atoms with Crippen LogP contribution < -0.4 is 0 Å². The molecule has 186 valence electrons. The Labute approximate surface area is 242 Å². The fraction of sp³-hybridized carbons (Fsp3) is 0.0625. The number of benzene rings is 4. The topological polar surface area (TPSA) is 37.4 Å². The number of hydrogen-bond donors (Lipinski definition) is 0.